The molecule has 0 spiro atoms. The van der Waals surface area contributed by atoms with Crippen molar-refractivity contribution in [2.24, 2.45) is 0 Å². The minimum atomic E-state index is 0.0175. The Morgan fingerprint density at radius 2 is 2.17 bits per heavy atom. The van der Waals surface area contributed by atoms with Crippen LogP contribution < -0.4 is 0 Å². The van der Waals surface area contributed by atoms with Crippen LogP contribution in [-0.2, 0) is 11.3 Å². The average molecular weight is 263 g/mol. The van der Waals surface area contributed by atoms with Gasteiger partial charge in [-0.3, -0.25) is 4.79 Å². The fourth-order valence-corrected chi connectivity index (χ4v) is 2.06. The first-order valence-electron chi connectivity index (χ1n) is 5.42. The van der Waals surface area contributed by atoms with Gasteiger partial charge in [0.1, 0.15) is 5.76 Å². The van der Waals surface area contributed by atoms with Gasteiger partial charge in [0.15, 0.2) is 5.16 Å². The number of aromatic nitrogens is 2. The first kappa shape index (κ1) is 12.6. The number of nitrogens with zero attached hydrogens (tertiary/aromatic N) is 3. The Kier molecular flexibility index (Phi) is 4.35. The number of amides is 1. The van der Waals surface area contributed by atoms with Gasteiger partial charge < -0.3 is 9.32 Å². The summed E-state index contributed by atoms with van der Waals surface area (Å²) in [7, 11) is 1.75. The lowest BCUT2D eigenvalue weighted by molar-refractivity contribution is -0.127. The van der Waals surface area contributed by atoms with E-state index in [1.165, 1.54) is 11.8 Å². The molecule has 5 nitrogen and oxygen atoms in total. The van der Waals surface area contributed by atoms with Crippen LogP contribution in [0.3, 0.4) is 0 Å². The Hall–Kier alpha value is -1.82. The van der Waals surface area contributed by atoms with E-state index in [4.69, 9.17) is 4.42 Å². The standard InChI is InChI=1S/C12H13N3O2S/c1-15(8-10-4-2-7-17-10)11(16)9-18-12-13-5-3-6-14-12/h2-7H,8-9H2,1H3. The van der Waals surface area contributed by atoms with Crippen molar-refractivity contribution in [3.63, 3.8) is 0 Å². The van der Waals surface area contributed by atoms with Gasteiger partial charge in [-0.25, -0.2) is 9.97 Å². The molecule has 2 heterocycles. The quantitative estimate of drug-likeness (QED) is 0.608. The number of rotatable bonds is 5. The van der Waals surface area contributed by atoms with Crippen LogP contribution in [-0.4, -0.2) is 33.6 Å². The minimum Gasteiger partial charge on any atom is -0.467 e. The van der Waals surface area contributed by atoms with E-state index < -0.39 is 0 Å². The van der Waals surface area contributed by atoms with Gasteiger partial charge in [-0.15, -0.1) is 0 Å². The molecular weight excluding hydrogens is 250 g/mol. The van der Waals surface area contributed by atoms with E-state index in [0.29, 0.717) is 17.5 Å². The van der Waals surface area contributed by atoms with E-state index in [0.717, 1.165) is 5.76 Å². The van der Waals surface area contributed by atoms with Gasteiger partial charge in [0.2, 0.25) is 5.91 Å². The smallest absolute Gasteiger partial charge is 0.233 e. The highest BCUT2D eigenvalue weighted by molar-refractivity contribution is 7.99. The molecule has 0 fully saturated rings. The predicted octanol–water partition coefficient (Wildman–Crippen LogP) is 1.82. The summed E-state index contributed by atoms with van der Waals surface area (Å²) in [6.45, 7) is 0.474. The number of carbonyl (C=O) groups excluding carboxylic acids is 1. The van der Waals surface area contributed by atoms with Gasteiger partial charge in [0, 0.05) is 19.4 Å². The molecule has 0 aliphatic heterocycles. The molecule has 2 aromatic rings. The highest BCUT2D eigenvalue weighted by Gasteiger charge is 2.11. The van der Waals surface area contributed by atoms with Crippen molar-refractivity contribution in [1.82, 2.24) is 14.9 Å². The summed E-state index contributed by atoms with van der Waals surface area (Å²) in [6.07, 6.45) is 4.92. The largest absolute Gasteiger partial charge is 0.467 e. The first-order chi connectivity index (χ1) is 8.75. The molecular formula is C12H13N3O2S. The summed E-state index contributed by atoms with van der Waals surface area (Å²) < 4.78 is 5.19. The molecule has 6 heteroatoms. The molecule has 0 saturated carbocycles. The number of hydrogen-bond acceptors (Lipinski definition) is 5. The molecule has 0 aliphatic rings. The summed E-state index contributed by atoms with van der Waals surface area (Å²) in [5.41, 5.74) is 0. The SMILES string of the molecule is CN(Cc1ccco1)C(=O)CSc1ncccn1. The van der Waals surface area contributed by atoms with Crippen LogP contribution in [0.25, 0.3) is 0 Å². The molecule has 0 aliphatic carbocycles. The summed E-state index contributed by atoms with van der Waals surface area (Å²) in [5.74, 6) is 1.11. The second kappa shape index (κ2) is 6.20. The van der Waals surface area contributed by atoms with Crippen molar-refractivity contribution in [2.75, 3.05) is 12.8 Å². The van der Waals surface area contributed by atoms with Crippen molar-refractivity contribution >= 4 is 17.7 Å². The van der Waals surface area contributed by atoms with Crippen LogP contribution in [0.15, 0.2) is 46.4 Å². The maximum absolute atomic E-state index is 11.9. The van der Waals surface area contributed by atoms with Crippen LogP contribution in [0.2, 0.25) is 0 Å². The minimum absolute atomic E-state index is 0.0175. The van der Waals surface area contributed by atoms with E-state index in [-0.39, 0.29) is 5.91 Å². The zero-order chi connectivity index (χ0) is 12.8. The Balaban J connectivity index is 1.81. The van der Waals surface area contributed by atoms with Crippen molar-refractivity contribution in [3.8, 4) is 0 Å². The second-order valence-electron chi connectivity index (χ2n) is 3.65. The summed E-state index contributed by atoms with van der Waals surface area (Å²) in [5, 5.41) is 0.609. The molecule has 0 saturated heterocycles. The summed E-state index contributed by atoms with van der Waals surface area (Å²) >= 11 is 1.33. The molecule has 1 amide bonds. The highest BCUT2D eigenvalue weighted by atomic mass is 32.2. The van der Waals surface area contributed by atoms with E-state index in [1.54, 1.807) is 42.7 Å². The molecule has 0 N–H and O–H groups in total. The molecule has 0 unspecified atom stereocenters. The molecule has 18 heavy (non-hydrogen) atoms. The Bertz CT molecular complexity index is 487. The zero-order valence-electron chi connectivity index (χ0n) is 9.94. The van der Waals surface area contributed by atoms with E-state index in [9.17, 15) is 4.79 Å². The predicted molar refractivity (Wildman–Crippen MR) is 67.9 cm³/mol. The lowest BCUT2D eigenvalue weighted by atomic mass is 10.4. The molecule has 0 bridgehead atoms. The summed E-state index contributed by atoms with van der Waals surface area (Å²) in [4.78, 5) is 21.6. The van der Waals surface area contributed by atoms with Crippen molar-refractivity contribution in [2.45, 2.75) is 11.7 Å². The van der Waals surface area contributed by atoms with Gasteiger partial charge in [0.25, 0.3) is 0 Å². The highest BCUT2D eigenvalue weighted by Crippen LogP contribution is 2.12. The van der Waals surface area contributed by atoms with Crippen molar-refractivity contribution in [1.29, 1.82) is 0 Å². The molecule has 0 radical (unpaired) electrons. The van der Waals surface area contributed by atoms with E-state index in [2.05, 4.69) is 9.97 Å². The lowest BCUT2D eigenvalue weighted by Gasteiger charge is -2.14. The van der Waals surface area contributed by atoms with E-state index >= 15 is 0 Å². The van der Waals surface area contributed by atoms with Gasteiger partial charge in [-0.1, -0.05) is 11.8 Å². The first-order valence-corrected chi connectivity index (χ1v) is 6.40. The normalized spacial score (nSPS) is 10.3. The van der Waals surface area contributed by atoms with Crippen molar-refractivity contribution < 1.29 is 9.21 Å². The van der Waals surface area contributed by atoms with Gasteiger partial charge >= 0.3 is 0 Å². The zero-order valence-corrected chi connectivity index (χ0v) is 10.8. The van der Waals surface area contributed by atoms with Crippen LogP contribution >= 0.6 is 11.8 Å². The van der Waals surface area contributed by atoms with Gasteiger partial charge in [-0.2, -0.15) is 0 Å². The molecule has 94 valence electrons. The maximum atomic E-state index is 11.9. The second-order valence-corrected chi connectivity index (χ2v) is 4.59. The monoisotopic (exact) mass is 263 g/mol. The third-order valence-corrected chi connectivity index (χ3v) is 3.13. The third kappa shape index (κ3) is 3.59. The third-order valence-electron chi connectivity index (χ3n) is 2.27. The van der Waals surface area contributed by atoms with Crippen LogP contribution in [0, 0.1) is 0 Å². The molecule has 0 aromatic carbocycles. The fourth-order valence-electron chi connectivity index (χ4n) is 1.32. The topological polar surface area (TPSA) is 59.2 Å². The number of thioether (sulfide) groups is 1. The fraction of sp³-hybridized carbons (Fsp3) is 0.250. The Morgan fingerprint density at radius 1 is 1.39 bits per heavy atom. The molecule has 2 aromatic heterocycles. The van der Waals surface area contributed by atoms with Crippen LogP contribution in [0.1, 0.15) is 5.76 Å². The van der Waals surface area contributed by atoms with Crippen molar-refractivity contribution in [3.05, 3.63) is 42.6 Å². The number of hydrogen-bond donors (Lipinski definition) is 0. The average Bonchev–Trinajstić information content (AvgIpc) is 2.90. The Morgan fingerprint density at radius 3 is 2.83 bits per heavy atom. The molecule has 2 rings (SSSR count). The molecule has 0 atom stereocenters. The van der Waals surface area contributed by atoms with Crippen LogP contribution in [0.5, 0.6) is 0 Å². The summed E-state index contributed by atoms with van der Waals surface area (Å²) in [6, 6.07) is 5.40. The maximum Gasteiger partial charge on any atom is 0.233 e. The number of carbonyl (C=O) groups is 1. The number of furan rings is 1. The van der Waals surface area contributed by atoms with Gasteiger partial charge in [0.05, 0.1) is 18.6 Å². The van der Waals surface area contributed by atoms with Gasteiger partial charge in [-0.05, 0) is 18.2 Å². The Labute approximate surface area is 109 Å². The lowest BCUT2D eigenvalue weighted by Crippen LogP contribution is -2.27. The van der Waals surface area contributed by atoms with E-state index in [1.807, 2.05) is 6.07 Å². The van der Waals surface area contributed by atoms with Crippen LogP contribution in [0.4, 0.5) is 0 Å².